The summed E-state index contributed by atoms with van der Waals surface area (Å²) in [5.41, 5.74) is 0. The third-order valence-electron chi connectivity index (χ3n) is 3.08. The molecule has 1 atom stereocenters. The molecule has 0 bridgehead atoms. The Morgan fingerprint density at radius 3 is 2.93 bits per heavy atom. The first kappa shape index (κ1) is 10.6. The van der Waals surface area contributed by atoms with Crippen molar-refractivity contribution in [2.24, 2.45) is 5.92 Å². The molecule has 1 aliphatic carbocycles. The van der Waals surface area contributed by atoms with Gasteiger partial charge in [0.1, 0.15) is 5.82 Å². The summed E-state index contributed by atoms with van der Waals surface area (Å²) < 4.78 is 28.5. The third-order valence-corrected chi connectivity index (χ3v) is 3.08. The number of aromatic nitrogens is 2. The second kappa shape index (κ2) is 3.91. The zero-order valence-electron chi connectivity index (χ0n) is 8.79. The van der Waals surface area contributed by atoms with Crippen molar-refractivity contribution in [1.82, 2.24) is 9.55 Å². The second-order valence-electron chi connectivity index (χ2n) is 4.10. The van der Waals surface area contributed by atoms with Crippen molar-refractivity contribution in [2.45, 2.75) is 38.7 Å². The number of imidazole rings is 1. The summed E-state index contributed by atoms with van der Waals surface area (Å²) in [4.78, 5) is 4.06. The zero-order valence-corrected chi connectivity index (χ0v) is 8.79. The van der Waals surface area contributed by atoms with Gasteiger partial charge >= 0.3 is 0 Å². The van der Waals surface area contributed by atoms with E-state index in [1.54, 1.807) is 12.6 Å². The van der Waals surface area contributed by atoms with Crippen molar-refractivity contribution in [3.63, 3.8) is 0 Å². The van der Waals surface area contributed by atoms with Crippen LogP contribution < -0.4 is 0 Å². The van der Waals surface area contributed by atoms with Crippen LogP contribution >= 0.6 is 0 Å². The topological polar surface area (TPSA) is 17.8 Å². The molecule has 0 saturated heterocycles. The van der Waals surface area contributed by atoms with E-state index < -0.39 is 11.8 Å². The third kappa shape index (κ3) is 2.19. The lowest BCUT2D eigenvalue weighted by Gasteiger charge is -2.18. The Balaban J connectivity index is 1.91. The summed E-state index contributed by atoms with van der Waals surface area (Å²) in [5, 5.41) is 0. The molecule has 4 heteroatoms. The predicted octanol–water partition coefficient (Wildman–Crippen LogP) is 2.83. The molecule has 2 rings (SSSR count). The summed E-state index contributed by atoms with van der Waals surface area (Å²) in [6.07, 6.45) is 6.35. The molecule has 15 heavy (non-hydrogen) atoms. The summed E-state index contributed by atoms with van der Waals surface area (Å²) in [7, 11) is 0. The fourth-order valence-corrected chi connectivity index (χ4v) is 2.08. The Labute approximate surface area is 88.3 Å². The van der Waals surface area contributed by atoms with E-state index in [4.69, 9.17) is 0 Å². The van der Waals surface area contributed by atoms with Crippen LogP contribution in [0.15, 0.2) is 12.4 Å². The van der Waals surface area contributed by atoms with Crippen molar-refractivity contribution in [1.29, 1.82) is 0 Å². The minimum absolute atomic E-state index is 0.0145. The Bertz CT molecular complexity index is 333. The lowest BCUT2D eigenvalue weighted by molar-refractivity contribution is -0.0340. The first-order valence-electron chi connectivity index (χ1n) is 5.28. The highest BCUT2D eigenvalue weighted by Crippen LogP contribution is 2.41. The van der Waals surface area contributed by atoms with Crippen LogP contribution in [-0.2, 0) is 6.54 Å². The number of aryl methyl sites for hydroxylation is 2. The van der Waals surface area contributed by atoms with Crippen molar-refractivity contribution >= 4 is 0 Å². The van der Waals surface area contributed by atoms with E-state index in [1.807, 2.05) is 17.7 Å². The van der Waals surface area contributed by atoms with Gasteiger partial charge in [0, 0.05) is 31.3 Å². The molecular weight excluding hydrogens is 198 g/mol. The molecule has 2 nitrogen and oxygen atoms in total. The number of rotatable bonds is 3. The van der Waals surface area contributed by atoms with Gasteiger partial charge in [0.25, 0.3) is 5.92 Å². The lowest BCUT2D eigenvalue weighted by Crippen LogP contribution is -2.23. The SMILES string of the molecule is Cc1nccn1CC[C@H]1[CH]CCC1(F)F. The number of alkyl halides is 2. The van der Waals surface area contributed by atoms with E-state index in [9.17, 15) is 8.78 Å². The molecule has 1 radical (unpaired) electrons. The smallest absolute Gasteiger partial charge is 0.251 e. The van der Waals surface area contributed by atoms with Crippen molar-refractivity contribution in [3.8, 4) is 0 Å². The van der Waals surface area contributed by atoms with Gasteiger partial charge in [-0.15, -0.1) is 0 Å². The van der Waals surface area contributed by atoms with Gasteiger partial charge in [-0.1, -0.05) is 0 Å². The highest BCUT2D eigenvalue weighted by molar-refractivity contribution is 4.96. The number of hydrogen-bond donors (Lipinski definition) is 0. The van der Waals surface area contributed by atoms with Gasteiger partial charge in [-0.05, 0) is 26.2 Å². The number of halogens is 2. The number of nitrogens with zero attached hydrogens (tertiary/aromatic N) is 2. The first-order valence-corrected chi connectivity index (χ1v) is 5.28. The Kier molecular flexibility index (Phi) is 2.76. The van der Waals surface area contributed by atoms with E-state index in [-0.39, 0.29) is 6.42 Å². The molecule has 1 aromatic heterocycles. The predicted molar refractivity (Wildman–Crippen MR) is 53.6 cm³/mol. The highest BCUT2D eigenvalue weighted by atomic mass is 19.3. The van der Waals surface area contributed by atoms with Crippen LogP contribution in [0.3, 0.4) is 0 Å². The minimum Gasteiger partial charge on any atom is -0.335 e. The van der Waals surface area contributed by atoms with Crippen LogP contribution in [0.2, 0.25) is 0 Å². The summed E-state index contributed by atoms with van der Waals surface area (Å²) >= 11 is 0. The molecule has 1 aromatic rings. The summed E-state index contributed by atoms with van der Waals surface area (Å²) in [6.45, 7) is 2.51. The zero-order chi connectivity index (χ0) is 10.9. The highest BCUT2D eigenvalue weighted by Gasteiger charge is 2.43. The van der Waals surface area contributed by atoms with Gasteiger partial charge in [0.15, 0.2) is 0 Å². The Morgan fingerprint density at radius 1 is 1.60 bits per heavy atom. The maximum Gasteiger partial charge on any atom is 0.251 e. The van der Waals surface area contributed by atoms with Crippen LogP contribution in [0.1, 0.15) is 25.1 Å². The standard InChI is InChI=1S/C11H15F2N2/c1-9-14-6-8-15(9)7-4-10-3-2-5-11(10,12)13/h3,6,8,10H,2,4-5,7H2,1H3/t10-/m1/s1. The molecule has 1 fully saturated rings. The maximum absolute atomic E-state index is 13.3. The maximum atomic E-state index is 13.3. The molecular formula is C11H15F2N2. The molecule has 0 N–H and O–H groups in total. The van der Waals surface area contributed by atoms with Crippen molar-refractivity contribution < 1.29 is 8.78 Å². The van der Waals surface area contributed by atoms with Crippen LogP contribution in [0.4, 0.5) is 8.78 Å². The van der Waals surface area contributed by atoms with Gasteiger partial charge in [-0.25, -0.2) is 13.8 Å². The van der Waals surface area contributed by atoms with Crippen molar-refractivity contribution in [2.75, 3.05) is 0 Å². The van der Waals surface area contributed by atoms with Gasteiger partial charge in [0.05, 0.1) is 0 Å². The molecule has 0 spiro atoms. The summed E-state index contributed by atoms with van der Waals surface area (Å²) in [5.74, 6) is -2.16. The molecule has 0 unspecified atom stereocenters. The molecule has 83 valence electrons. The second-order valence-corrected chi connectivity index (χ2v) is 4.10. The average Bonchev–Trinajstić information content (AvgIpc) is 2.69. The monoisotopic (exact) mass is 213 g/mol. The fraction of sp³-hybridized carbons (Fsp3) is 0.636. The van der Waals surface area contributed by atoms with Crippen LogP contribution in [0, 0.1) is 19.3 Å². The van der Waals surface area contributed by atoms with Crippen LogP contribution in [0.5, 0.6) is 0 Å². The number of hydrogen-bond acceptors (Lipinski definition) is 1. The van der Waals surface area contributed by atoms with E-state index in [1.165, 1.54) is 0 Å². The van der Waals surface area contributed by atoms with E-state index in [0.29, 0.717) is 19.4 Å². The lowest BCUT2D eigenvalue weighted by atomic mass is 10.0. The molecule has 0 aromatic carbocycles. The molecule has 1 saturated carbocycles. The molecule has 0 aliphatic heterocycles. The van der Waals surface area contributed by atoms with Gasteiger partial charge in [-0.3, -0.25) is 0 Å². The van der Waals surface area contributed by atoms with E-state index >= 15 is 0 Å². The molecule has 1 aliphatic rings. The van der Waals surface area contributed by atoms with Crippen LogP contribution in [-0.4, -0.2) is 15.5 Å². The molecule has 1 heterocycles. The quantitative estimate of drug-likeness (QED) is 0.755. The van der Waals surface area contributed by atoms with Crippen molar-refractivity contribution in [3.05, 3.63) is 24.6 Å². The largest absolute Gasteiger partial charge is 0.335 e. The first-order chi connectivity index (χ1) is 7.09. The fourth-order valence-electron chi connectivity index (χ4n) is 2.08. The average molecular weight is 213 g/mol. The van der Waals surface area contributed by atoms with Gasteiger partial charge in [-0.2, -0.15) is 0 Å². The molecule has 0 amide bonds. The Morgan fingerprint density at radius 2 is 2.40 bits per heavy atom. The minimum atomic E-state index is -2.49. The normalized spacial score (nSPS) is 24.6. The van der Waals surface area contributed by atoms with E-state index in [2.05, 4.69) is 4.98 Å². The van der Waals surface area contributed by atoms with E-state index in [0.717, 1.165) is 5.82 Å². The Hall–Kier alpha value is -0.930. The summed E-state index contributed by atoms with van der Waals surface area (Å²) in [6, 6.07) is 0. The van der Waals surface area contributed by atoms with Gasteiger partial charge in [0.2, 0.25) is 0 Å². The van der Waals surface area contributed by atoms with Crippen LogP contribution in [0.25, 0.3) is 0 Å². The van der Waals surface area contributed by atoms with Gasteiger partial charge < -0.3 is 4.57 Å².